The van der Waals surface area contributed by atoms with E-state index in [0.29, 0.717) is 12.6 Å². The Labute approximate surface area is 208 Å². The van der Waals surface area contributed by atoms with E-state index >= 15 is 0 Å². The van der Waals surface area contributed by atoms with Crippen molar-refractivity contribution in [1.29, 1.82) is 0 Å². The van der Waals surface area contributed by atoms with Crippen LogP contribution in [0.25, 0.3) is 0 Å². The first-order valence-electron chi connectivity index (χ1n) is 11.1. The predicted octanol–water partition coefficient (Wildman–Crippen LogP) is 2.40. The summed E-state index contributed by atoms with van der Waals surface area (Å²) in [6.07, 6.45) is 2.52. The number of nitrogens with zero attached hydrogens (tertiary/aromatic N) is 3. The molecule has 0 saturated carbocycles. The van der Waals surface area contributed by atoms with Gasteiger partial charge in [0.1, 0.15) is 12.3 Å². The smallest absolute Gasteiger partial charge is 0.243 e. The van der Waals surface area contributed by atoms with Crippen molar-refractivity contribution >= 4 is 41.8 Å². The summed E-state index contributed by atoms with van der Waals surface area (Å²) in [7, 11) is 3.46. The van der Waals surface area contributed by atoms with Crippen LogP contribution in [0.4, 0.5) is 0 Å². The number of fused-ring (bicyclic) bond motifs is 1. The topological polar surface area (TPSA) is 86.3 Å². The molecule has 2 aliphatic heterocycles. The van der Waals surface area contributed by atoms with Gasteiger partial charge in [0.05, 0.1) is 12.6 Å². The molecule has 2 aliphatic rings. The van der Waals surface area contributed by atoms with Crippen LogP contribution >= 0.6 is 24.0 Å². The highest BCUT2D eigenvalue weighted by Crippen LogP contribution is 2.31. The lowest BCUT2D eigenvalue weighted by atomic mass is 10.0. The van der Waals surface area contributed by atoms with Crippen LogP contribution in [0.15, 0.2) is 29.3 Å². The fourth-order valence-corrected chi connectivity index (χ4v) is 3.88. The molecule has 3 rings (SSSR count). The highest BCUT2D eigenvalue weighted by Gasteiger charge is 2.27. The molecule has 2 heterocycles. The number of para-hydroxylation sites is 1. The quantitative estimate of drug-likeness (QED) is 0.330. The monoisotopic (exact) mass is 557 g/mol. The summed E-state index contributed by atoms with van der Waals surface area (Å²) in [5.74, 6) is 1.70. The maximum absolute atomic E-state index is 12.3. The average molecular weight is 557 g/mol. The Kier molecular flexibility index (Phi) is 10.0. The zero-order valence-corrected chi connectivity index (χ0v) is 21.8. The van der Waals surface area contributed by atoms with E-state index in [2.05, 4.69) is 21.7 Å². The minimum atomic E-state index is -0.0502. The van der Waals surface area contributed by atoms with Gasteiger partial charge in [-0.25, -0.2) is 4.99 Å². The molecular formula is C23H36IN5O3. The Morgan fingerprint density at radius 3 is 2.50 bits per heavy atom. The van der Waals surface area contributed by atoms with Crippen LogP contribution in [0.2, 0.25) is 0 Å². The summed E-state index contributed by atoms with van der Waals surface area (Å²) in [4.78, 5) is 32.4. The second-order valence-electron chi connectivity index (χ2n) is 8.72. The SMILES string of the molecule is CC(C)C(=O)N1CCC(NC(=NCC(=O)N(C)C)NC2CCOc3ccccc32)CC1.I. The molecule has 1 atom stereocenters. The van der Waals surface area contributed by atoms with Gasteiger partial charge in [-0.15, -0.1) is 24.0 Å². The Morgan fingerprint density at radius 2 is 1.84 bits per heavy atom. The van der Waals surface area contributed by atoms with Gasteiger partial charge in [0.15, 0.2) is 5.96 Å². The summed E-state index contributed by atoms with van der Waals surface area (Å²) >= 11 is 0. The molecule has 1 saturated heterocycles. The summed E-state index contributed by atoms with van der Waals surface area (Å²) in [5, 5.41) is 7.02. The number of hydrogen-bond acceptors (Lipinski definition) is 4. The van der Waals surface area contributed by atoms with Crippen LogP contribution in [0, 0.1) is 5.92 Å². The maximum Gasteiger partial charge on any atom is 0.243 e. The van der Waals surface area contributed by atoms with Gasteiger partial charge < -0.3 is 25.2 Å². The number of guanidine groups is 1. The van der Waals surface area contributed by atoms with Crippen molar-refractivity contribution < 1.29 is 14.3 Å². The Balaban J connectivity index is 0.00000363. The number of carbonyl (C=O) groups excluding carboxylic acids is 2. The zero-order chi connectivity index (χ0) is 22.4. The fourth-order valence-electron chi connectivity index (χ4n) is 3.88. The first-order valence-corrected chi connectivity index (χ1v) is 11.1. The lowest BCUT2D eigenvalue weighted by Gasteiger charge is -2.35. The number of amides is 2. The van der Waals surface area contributed by atoms with Gasteiger partial charge in [-0.05, 0) is 18.9 Å². The highest BCUT2D eigenvalue weighted by atomic mass is 127. The van der Waals surface area contributed by atoms with Crippen molar-refractivity contribution in [3.05, 3.63) is 29.8 Å². The minimum absolute atomic E-state index is 0. The second kappa shape index (κ2) is 12.3. The van der Waals surface area contributed by atoms with E-state index in [-0.39, 0.29) is 60.3 Å². The molecule has 1 aromatic rings. The third-order valence-corrected chi connectivity index (χ3v) is 5.78. The van der Waals surface area contributed by atoms with E-state index in [9.17, 15) is 9.59 Å². The normalized spacial score (nSPS) is 18.8. The molecule has 0 spiro atoms. The number of benzene rings is 1. The molecule has 2 amide bonds. The van der Waals surface area contributed by atoms with Gasteiger partial charge in [0, 0.05) is 51.1 Å². The van der Waals surface area contributed by atoms with E-state index in [1.54, 1.807) is 19.0 Å². The number of ether oxygens (including phenoxy) is 1. The van der Waals surface area contributed by atoms with Crippen LogP contribution < -0.4 is 15.4 Å². The van der Waals surface area contributed by atoms with Crippen LogP contribution in [-0.4, -0.2) is 74.0 Å². The third kappa shape index (κ3) is 6.98. The van der Waals surface area contributed by atoms with Crippen molar-refractivity contribution in [2.75, 3.05) is 40.3 Å². The molecule has 2 N–H and O–H groups in total. The molecule has 178 valence electrons. The lowest BCUT2D eigenvalue weighted by molar-refractivity contribution is -0.135. The summed E-state index contributed by atoms with van der Waals surface area (Å²) in [5.41, 5.74) is 1.10. The Morgan fingerprint density at radius 1 is 1.16 bits per heavy atom. The first-order chi connectivity index (χ1) is 14.8. The average Bonchev–Trinajstić information content (AvgIpc) is 2.77. The fraction of sp³-hybridized carbons (Fsp3) is 0.609. The molecule has 0 radical (unpaired) electrons. The number of carbonyl (C=O) groups is 2. The number of nitrogens with one attached hydrogen (secondary N) is 2. The van der Waals surface area contributed by atoms with Crippen molar-refractivity contribution in [3.63, 3.8) is 0 Å². The summed E-state index contributed by atoms with van der Waals surface area (Å²) in [6, 6.07) is 8.27. The molecule has 1 aromatic carbocycles. The molecule has 0 aromatic heterocycles. The number of halogens is 1. The van der Waals surface area contributed by atoms with Crippen LogP contribution in [0.3, 0.4) is 0 Å². The van der Waals surface area contributed by atoms with Crippen molar-refractivity contribution in [2.24, 2.45) is 10.9 Å². The molecule has 1 unspecified atom stereocenters. The van der Waals surface area contributed by atoms with Gasteiger partial charge in [-0.1, -0.05) is 32.0 Å². The van der Waals surface area contributed by atoms with Gasteiger partial charge >= 0.3 is 0 Å². The maximum atomic E-state index is 12.3. The van der Waals surface area contributed by atoms with E-state index in [4.69, 9.17) is 4.74 Å². The lowest BCUT2D eigenvalue weighted by Crippen LogP contribution is -2.51. The number of likely N-dealkylation sites (tertiary alicyclic amines) is 1. The van der Waals surface area contributed by atoms with Crippen molar-refractivity contribution in [2.45, 2.75) is 45.2 Å². The second-order valence-corrected chi connectivity index (χ2v) is 8.72. The molecule has 32 heavy (non-hydrogen) atoms. The van der Waals surface area contributed by atoms with E-state index in [1.807, 2.05) is 36.9 Å². The zero-order valence-electron chi connectivity index (χ0n) is 19.5. The molecule has 8 nitrogen and oxygen atoms in total. The number of rotatable bonds is 5. The molecular weight excluding hydrogens is 521 g/mol. The van der Waals surface area contributed by atoms with Crippen molar-refractivity contribution in [1.82, 2.24) is 20.4 Å². The molecule has 9 heteroatoms. The van der Waals surface area contributed by atoms with Gasteiger partial charge in [0.2, 0.25) is 11.8 Å². The molecule has 0 aliphatic carbocycles. The van der Waals surface area contributed by atoms with Crippen LogP contribution in [0.1, 0.15) is 44.7 Å². The molecule has 0 bridgehead atoms. The number of piperidine rings is 1. The predicted molar refractivity (Wildman–Crippen MR) is 136 cm³/mol. The Hall–Kier alpha value is -2.04. The standard InChI is InChI=1S/C23H35N5O3.HI/c1-16(2)22(30)28-12-9-17(10-13-28)25-23(24-15-21(29)27(3)4)26-19-11-14-31-20-8-6-5-7-18(19)20;/h5-8,16-17,19H,9-15H2,1-4H3,(H2,24,25,26);1H. The highest BCUT2D eigenvalue weighted by molar-refractivity contribution is 14.0. The van der Waals surface area contributed by atoms with E-state index in [0.717, 1.165) is 43.7 Å². The third-order valence-electron chi connectivity index (χ3n) is 5.78. The summed E-state index contributed by atoms with van der Waals surface area (Å²) in [6.45, 7) is 6.06. The van der Waals surface area contributed by atoms with Crippen molar-refractivity contribution in [3.8, 4) is 5.75 Å². The summed E-state index contributed by atoms with van der Waals surface area (Å²) < 4.78 is 5.77. The number of likely N-dealkylation sites (N-methyl/N-ethyl adjacent to an activating group) is 1. The van der Waals surface area contributed by atoms with Crippen LogP contribution in [0.5, 0.6) is 5.75 Å². The first kappa shape index (κ1) is 26.2. The minimum Gasteiger partial charge on any atom is -0.493 e. The van der Waals surface area contributed by atoms with E-state index < -0.39 is 0 Å². The van der Waals surface area contributed by atoms with E-state index in [1.165, 1.54) is 0 Å². The van der Waals surface area contributed by atoms with Gasteiger partial charge in [0.25, 0.3) is 0 Å². The number of aliphatic imine (C=N–C) groups is 1. The largest absolute Gasteiger partial charge is 0.493 e. The van der Waals surface area contributed by atoms with Gasteiger partial charge in [-0.2, -0.15) is 0 Å². The van der Waals surface area contributed by atoms with Gasteiger partial charge in [-0.3, -0.25) is 9.59 Å². The number of hydrogen-bond donors (Lipinski definition) is 2. The molecule has 1 fully saturated rings. The Bertz CT molecular complexity index is 807. The van der Waals surface area contributed by atoms with Crippen LogP contribution in [-0.2, 0) is 9.59 Å².